The van der Waals surface area contributed by atoms with Crippen molar-refractivity contribution in [2.24, 2.45) is 0 Å². The lowest BCUT2D eigenvalue weighted by Gasteiger charge is -2.35. The molecule has 0 bridgehead atoms. The molecule has 0 aliphatic carbocycles. The van der Waals surface area contributed by atoms with Crippen molar-refractivity contribution in [3.8, 4) is 5.75 Å². The number of thioether (sulfide) groups is 1. The van der Waals surface area contributed by atoms with Crippen LogP contribution in [0.1, 0.15) is 0 Å². The van der Waals surface area contributed by atoms with Crippen molar-refractivity contribution in [1.29, 1.82) is 0 Å². The zero-order chi connectivity index (χ0) is 17.2. The molecule has 2 aliphatic heterocycles. The number of ether oxygens (including phenoxy) is 1. The van der Waals surface area contributed by atoms with Gasteiger partial charge in [0, 0.05) is 37.8 Å². The standard InChI is InChI=1S/C15H21N3O4S2/c1-22-13-4-2-3-5-14(13)24(20,21)18-8-6-17(7-9-18)15(19)12-10-23-11-16-12/h2-5,12,16H,6-11H2,1H3. The Morgan fingerprint density at radius 1 is 1.25 bits per heavy atom. The Bertz CT molecular complexity index is 696. The number of para-hydroxylation sites is 1. The summed E-state index contributed by atoms with van der Waals surface area (Å²) < 4.78 is 32.2. The van der Waals surface area contributed by atoms with Crippen LogP contribution in [0.5, 0.6) is 5.75 Å². The SMILES string of the molecule is COc1ccccc1S(=O)(=O)N1CCN(C(=O)C2CSCN2)CC1. The molecule has 0 saturated carbocycles. The second-order valence-corrected chi connectivity index (χ2v) is 8.59. The number of hydrogen-bond acceptors (Lipinski definition) is 6. The first-order valence-corrected chi connectivity index (χ1v) is 10.4. The van der Waals surface area contributed by atoms with Crippen LogP contribution in [0.4, 0.5) is 0 Å². The van der Waals surface area contributed by atoms with Gasteiger partial charge in [-0.1, -0.05) is 12.1 Å². The number of nitrogens with zero attached hydrogens (tertiary/aromatic N) is 2. The lowest BCUT2D eigenvalue weighted by atomic mass is 10.2. The van der Waals surface area contributed by atoms with Crippen LogP contribution >= 0.6 is 11.8 Å². The fourth-order valence-electron chi connectivity index (χ4n) is 2.89. The number of benzene rings is 1. The van der Waals surface area contributed by atoms with Crippen LogP contribution in [0.15, 0.2) is 29.2 Å². The van der Waals surface area contributed by atoms with Crippen molar-refractivity contribution in [3.05, 3.63) is 24.3 Å². The molecule has 7 nitrogen and oxygen atoms in total. The molecule has 1 aromatic rings. The molecule has 0 aromatic heterocycles. The van der Waals surface area contributed by atoms with Gasteiger partial charge in [0.15, 0.2) is 0 Å². The normalized spacial score (nSPS) is 22.5. The summed E-state index contributed by atoms with van der Waals surface area (Å²) in [6, 6.07) is 6.45. The summed E-state index contributed by atoms with van der Waals surface area (Å²) in [6.45, 7) is 1.42. The van der Waals surface area contributed by atoms with Gasteiger partial charge in [-0.25, -0.2) is 8.42 Å². The van der Waals surface area contributed by atoms with Crippen molar-refractivity contribution in [1.82, 2.24) is 14.5 Å². The first-order chi connectivity index (χ1) is 11.5. The van der Waals surface area contributed by atoms with Crippen LogP contribution in [-0.2, 0) is 14.8 Å². The number of piperazine rings is 1. The molecule has 3 rings (SSSR count). The van der Waals surface area contributed by atoms with Crippen molar-refractivity contribution in [2.45, 2.75) is 10.9 Å². The number of amides is 1. The summed E-state index contributed by atoms with van der Waals surface area (Å²) in [5, 5.41) is 3.16. The minimum atomic E-state index is -3.62. The third-order valence-electron chi connectivity index (χ3n) is 4.25. The molecule has 2 fully saturated rings. The number of methoxy groups -OCH3 is 1. The van der Waals surface area contributed by atoms with Crippen molar-refractivity contribution in [3.63, 3.8) is 0 Å². The first kappa shape index (κ1) is 17.5. The van der Waals surface area contributed by atoms with Crippen molar-refractivity contribution >= 4 is 27.7 Å². The maximum absolute atomic E-state index is 12.8. The van der Waals surface area contributed by atoms with Crippen LogP contribution in [0.2, 0.25) is 0 Å². The van der Waals surface area contributed by atoms with E-state index < -0.39 is 10.0 Å². The summed E-state index contributed by atoms with van der Waals surface area (Å²) in [7, 11) is -2.17. The van der Waals surface area contributed by atoms with Crippen LogP contribution in [-0.4, -0.2) is 74.5 Å². The lowest BCUT2D eigenvalue weighted by molar-refractivity contribution is -0.133. The molecule has 2 heterocycles. The molecular formula is C15H21N3O4S2. The summed E-state index contributed by atoms with van der Waals surface area (Å²) in [6.07, 6.45) is 0. The molecule has 9 heteroatoms. The van der Waals surface area contributed by atoms with Crippen LogP contribution in [0.3, 0.4) is 0 Å². The van der Waals surface area contributed by atoms with Gasteiger partial charge < -0.3 is 9.64 Å². The van der Waals surface area contributed by atoms with Crippen LogP contribution < -0.4 is 10.1 Å². The van der Waals surface area contributed by atoms with E-state index in [1.165, 1.54) is 11.4 Å². The van der Waals surface area contributed by atoms with E-state index in [4.69, 9.17) is 4.74 Å². The van der Waals surface area contributed by atoms with Crippen LogP contribution in [0.25, 0.3) is 0 Å². The number of nitrogens with one attached hydrogen (secondary N) is 1. The zero-order valence-electron chi connectivity index (χ0n) is 13.5. The molecule has 1 unspecified atom stereocenters. The Balaban J connectivity index is 1.68. The van der Waals surface area contributed by atoms with Gasteiger partial charge in [-0.2, -0.15) is 4.31 Å². The number of carbonyl (C=O) groups is 1. The summed E-state index contributed by atoms with van der Waals surface area (Å²) in [5.74, 6) is 1.97. The van der Waals surface area contributed by atoms with E-state index in [1.807, 2.05) is 0 Å². The van der Waals surface area contributed by atoms with Gasteiger partial charge in [-0.05, 0) is 12.1 Å². The zero-order valence-corrected chi connectivity index (χ0v) is 15.1. The number of rotatable bonds is 4. The molecule has 24 heavy (non-hydrogen) atoms. The van der Waals surface area contributed by atoms with E-state index >= 15 is 0 Å². The molecule has 2 aliphatic rings. The number of hydrogen-bond donors (Lipinski definition) is 1. The average molecular weight is 371 g/mol. The Morgan fingerprint density at radius 2 is 1.96 bits per heavy atom. The largest absolute Gasteiger partial charge is 0.495 e. The van der Waals surface area contributed by atoms with Gasteiger partial charge in [0.1, 0.15) is 10.6 Å². The second-order valence-electron chi connectivity index (χ2n) is 5.65. The van der Waals surface area contributed by atoms with Gasteiger partial charge in [-0.15, -0.1) is 11.8 Å². The Labute approximate surface area is 146 Å². The highest BCUT2D eigenvalue weighted by Crippen LogP contribution is 2.27. The monoisotopic (exact) mass is 371 g/mol. The first-order valence-electron chi connectivity index (χ1n) is 7.77. The smallest absolute Gasteiger partial charge is 0.246 e. The van der Waals surface area contributed by atoms with E-state index in [2.05, 4.69) is 5.32 Å². The van der Waals surface area contributed by atoms with E-state index in [0.29, 0.717) is 31.9 Å². The topological polar surface area (TPSA) is 79.0 Å². The molecule has 1 atom stereocenters. The predicted molar refractivity (Wildman–Crippen MR) is 92.6 cm³/mol. The van der Waals surface area contributed by atoms with Crippen molar-refractivity contribution < 1.29 is 17.9 Å². The molecular weight excluding hydrogens is 350 g/mol. The maximum atomic E-state index is 12.8. The van der Waals surface area contributed by atoms with E-state index in [0.717, 1.165) is 11.6 Å². The fraction of sp³-hybridized carbons (Fsp3) is 0.533. The highest BCUT2D eigenvalue weighted by atomic mass is 32.2. The third kappa shape index (κ3) is 3.39. The second kappa shape index (κ2) is 7.30. The molecule has 0 spiro atoms. The average Bonchev–Trinajstić information content (AvgIpc) is 3.15. The number of sulfonamides is 1. The maximum Gasteiger partial charge on any atom is 0.246 e. The van der Waals surface area contributed by atoms with E-state index in [9.17, 15) is 13.2 Å². The van der Waals surface area contributed by atoms with Crippen LogP contribution in [0, 0.1) is 0 Å². The Morgan fingerprint density at radius 3 is 2.58 bits per heavy atom. The van der Waals surface area contributed by atoms with Crippen molar-refractivity contribution in [2.75, 3.05) is 44.9 Å². The molecule has 1 aromatic carbocycles. The molecule has 1 amide bonds. The van der Waals surface area contributed by atoms with Gasteiger partial charge >= 0.3 is 0 Å². The minimum Gasteiger partial charge on any atom is -0.495 e. The fourth-order valence-corrected chi connectivity index (χ4v) is 5.41. The predicted octanol–water partition coefficient (Wildman–Crippen LogP) is 0.191. The highest BCUT2D eigenvalue weighted by molar-refractivity contribution is 7.99. The molecule has 2 saturated heterocycles. The molecule has 1 N–H and O–H groups in total. The summed E-state index contributed by atoms with van der Waals surface area (Å²) >= 11 is 1.70. The molecule has 132 valence electrons. The summed E-state index contributed by atoms with van der Waals surface area (Å²) in [5.41, 5.74) is 0. The van der Waals surface area contributed by atoms with Gasteiger partial charge in [0.25, 0.3) is 0 Å². The highest BCUT2D eigenvalue weighted by Gasteiger charge is 2.34. The Hall–Kier alpha value is -1.29. The molecule has 0 radical (unpaired) electrons. The summed E-state index contributed by atoms with van der Waals surface area (Å²) in [4.78, 5) is 14.3. The quantitative estimate of drug-likeness (QED) is 0.814. The van der Waals surface area contributed by atoms with Gasteiger partial charge in [-0.3, -0.25) is 10.1 Å². The lowest BCUT2D eigenvalue weighted by Crippen LogP contribution is -2.54. The van der Waals surface area contributed by atoms with Gasteiger partial charge in [0.05, 0.1) is 13.2 Å². The minimum absolute atomic E-state index is 0.0642. The number of carbonyl (C=O) groups excluding carboxylic acids is 1. The van der Waals surface area contributed by atoms with E-state index in [1.54, 1.807) is 40.9 Å². The Kier molecular flexibility index (Phi) is 5.33. The van der Waals surface area contributed by atoms with E-state index in [-0.39, 0.29) is 16.8 Å². The van der Waals surface area contributed by atoms with Gasteiger partial charge in [0.2, 0.25) is 15.9 Å². The third-order valence-corrected chi connectivity index (χ3v) is 7.13.